The zero-order chi connectivity index (χ0) is 16.6. The first-order valence-electron chi connectivity index (χ1n) is 8.47. The van der Waals surface area contributed by atoms with Crippen LogP contribution in [0.25, 0.3) is 0 Å². The summed E-state index contributed by atoms with van der Waals surface area (Å²) >= 11 is 1.84. The quantitative estimate of drug-likeness (QED) is 0.902. The molecule has 1 aromatic rings. The van der Waals surface area contributed by atoms with E-state index in [0.717, 1.165) is 13.0 Å². The van der Waals surface area contributed by atoms with Gasteiger partial charge in [-0.05, 0) is 55.0 Å². The summed E-state index contributed by atoms with van der Waals surface area (Å²) < 4.78 is 0. The lowest BCUT2D eigenvalue weighted by Gasteiger charge is -2.36. The molecule has 5 heteroatoms. The van der Waals surface area contributed by atoms with Crippen molar-refractivity contribution in [2.24, 2.45) is 11.8 Å². The van der Waals surface area contributed by atoms with Crippen molar-refractivity contribution in [1.82, 2.24) is 10.2 Å². The monoisotopic (exact) mass is 331 g/mol. The minimum absolute atomic E-state index is 0.0351. The van der Waals surface area contributed by atoms with E-state index >= 15 is 0 Å². The lowest BCUT2D eigenvalue weighted by Crippen LogP contribution is -2.52. The first-order chi connectivity index (χ1) is 10.9. The maximum atomic E-state index is 12.5. The van der Waals surface area contributed by atoms with E-state index in [9.17, 15) is 10.1 Å². The van der Waals surface area contributed by atoms with Gasteiger partial charge in [0.25, 0.3) is 0 Å². The van der Waals surface area contributed by atoms with E-state index in [1.165, 1.54) is 23.3 Å². The molecule has 1 saturated carbocycles. The summed E-state index contributed by atoms with van der Waals surface area (Å²) in [5, 5.41) is 14.5. The van der Waals surface area contributed by atoms with Crippen LogP contribution in [0.15, 0.2) is 11.4 Å². The number of amides is 1. The third-order valence-corrected chi connectivity index (χ3v) is 6.32. The van der Waals surface area contributed by atoms with Crippen LogP contribution in [0.3, 0.4) is 0 Å². The van der Waals surface area contributed by atoms with Crippen molar-refractivity contribution < 1.29 is 4.79 Å². The Labute approximate surface area is 142 Å². The van der Waals surface area contributed by atoms with E-state index in [-0.39, 0.29) is 11.8 Å². The fraction of sp³-hybridized carbons (Fsp3) is 0.667. The van der Waals surface area contributed by atoms with Crippen molar-refractivity contribution in [3.8, 4) is 6.07 Å². The van der Waals surface area contributed by atoms with E-state index in [2.05, 4.69) is 27.7 Å². The molecule has 1 aliphatic heterocycles. The van der Waals surface area contributed by atoms with Crippen LogP contribution in [0.2, 0.25) is 0 Å². The summed E-state index contributed by atoms with van der Waals surface area (Å²) in [5.41, 5.74) is 0.638. The second-order valence-electron chi connectivity index (χ2n) is 7.32. The molecule has 124 valence electrons. The van der Waals surface area contributed by atoms with Crippen molar-refractivity contribution in [2.45, 2.75) is 51.6 Å². The molecule has 1 aliphatic carbocycles. The van der Waals surface area contributed by atoms with Crippen LogP contribution in [0, 0.1) is 23.2 Å². The zero-order valence-corrected chi connectivity index (χ0v) is 14.9. The summed E-state index contributed by atoms with van der Waals surface area (Å²) in [6.07, 6.45) is 3.56. The van der Waals surface area contributed by atoms with Crippen molar-refractivity contribution >= 4 is 17.2 Å². The van der Waals surface area contributed by atoms with Gasteiger partial charge in [-0.1, -0.05) is 13.8 Å². The Morgan fingerprint density at radius 3 is 2.91 bits per heavy atom. The Balaban J connectivity index is 1.70. The molecule has 1 aromatic heterocycles. The number of thiophene rings is 1. The smallest absolute Gasteiger partial charge is 0.235 e. The number of carbonyl (C=O) groups is 1. The Morgan fingerprint density at radius 2 is 2.30 bits per heavy atom. The average molecular weight is 331 g/mol. The van der Waals surface area contributed by atoms with Crippen LogP contribution in [-0.4, -0.2) is 29.4 Å². The van der Waals surface area contributed by atoms with Gasteiger partial charge in [-0.25, -0.2) is 0 Å². The summed E-state index contributed by atoms with van der Waals surface area (Å²) in [6, 6.07) is 4.88. The standard InChI is InChI=1S/C18H25N3OS/c1-12(2)18(3,11-19)20-16(22)10-21-8-6-15-14(7-9-23-15)17(21)13-4-5-13/h7,9,12-13,17H,4-6,8,10H2,1-3H3,(H,20,22)/t17-,18-/m0/s1. The Morgan fingerprint density at radius 1 is 1.57 bits per heavy atom. The number of hydrogen-bond acceptors (Lipinski definition) is 4. The van der Waals surface area contributed by atoms with Crippen LogP contribution in [0.4, 0.5) is 0 Å². The van der Waals surface area contributed by atoms with Gasteiger partial charge in [0.1, 0.15) is 5.54 Å². The third-order valence-electron chi connectivity index (χ3n) is 5.32. The maximum Gasteiger partial charge on any atom is 0.235 e. The third kappa shape index (κ3) is 3.29. The molecule has 1 amide bonds. The van der Waals surface area contributed by atoms with Crippen LogP contribution in [0.5, 0.6) is 0 Å². The fourth-order valence-corrected chi connectivity index (χ4v) is 4.27. The van der Waals surface area contributed by atoms with E-state index in [1.807, 2.05) is 25.2 Å². The lowest BCUT2D eigenvalue weighted by molar-refractivity contribution is -0.124. The highest BCUT2D eigenvalue weighted by atomic mass is 32.1. The predicted octanol–water partition coefficient (Wildman–Crippen LogP) is 3.11. The number of nitrogens with one attached hydrogen (secondary N) is 1. The van der Waals surface area contributed by atoms with Gasteiger partial charge in [0.15, 0.2) is 0 Å². The summed E-state index contributed by atoms with van der Waals surface area (Å²) in [7, 11) is 0. The second kappa shape index (κ2) is 6.26. The first-order valence-corrected chi connectivity index (χ1v) is 9.35. The summed E-state index contributed by atoms with van der Waals surface area (Å²) in [4.78, 5) is 16.3. The number of fused-ring (bicyclic) bond motifs is 1. The number of carbonyl (C=O) groups excluding carboxylic acids is 1. The minimum atomic E-state index is -0.796. The minimum Gasteiger partial charge on any atom is -0.337 e. The van der Waals surface area contributed by atoms with Gasteiger partial charge in [0, 0.05) is 17.5 Å². The van der Waals surface area contributed by atoms with Gasteiger partial charge in [0.2, 0.25) is 5.91 Å². The molecule has 0 spiro atoms. The highest BCUT2D eigenvalue weighted by Gasteiger charge is 2.41. The van der Waals surface area contributed by atoms with Gasteiger partial charge < -0.3 is 5.32 Å². The molecule has 3 rings (SSSR count). The molecule has 23 heavy (non-hydrogen) atoms. The fourth-order valence-electron chi connectivity index (χ4n) is 3.35. The number of rotatable bonds is 5. The van der Waals surface area contributed by atoms with E-state index < -0.39 is 5.54 Å². The highest BCUT2D eigenvalue weighted by molar-refractivity contribution is 7.10. The van der Waals surface area contributed by atoms with Gasteiger partial charge in [-0.15, -0.1) is 11.3 Å². The van der Waals surface area contributed by atoms with E-state index in [0.29, 0.717) is 18.5 Å². The Kier molecular flexibility index (Phi) is 4.48. The maximum absolute atomic E-state index is 12.5. The molecule has 2 aliphatic rings. The first kappa shape index (κ1) is 16.5. The molecule has 0 saturated heterocycles. The van der Waals surface area contributed by atoms with Crippen LogP contribution >= 0.6 is 11.3 Å². The highest BCUT2D eigenvalue weighted by Crippen LogP contribution is 2.48. The molecule has 0 unspecified atom stereocenters. The molecular formula is C18H25N3OS. The van der Waals surface area contributed by atoms with Crippen LogP contribution < -0.4 is 5.32 Å². The van der Waals surface area contributed by atoms with E-state index in [1.54, 1.807) is 6.92 Å². The van der Waals surface area contributed by atoms with Gasteiger partial charge >= 0.3 is 0 Å². The molecule has 0 bridgehead atoms. The average Bonchev–Trinajstić information content (AvgIpc) is 3.23. The summed E-state index contributed by atoms with van der Waals surface area (Å²) in [5.74, 6) is 0.747. The number of hydrogen-bond donors (Lipinski definition) is 1. The molecule has 0 radical (unpaired) electrons. The van der Waals surface area contributed by atoms with Crippen LogP contribution in [0.1, 0.15) is 50.1 Å². The number of nitrogens with zero attached hydrogens (tertiary/aromatic N) is 2. The predicted molar refractivity (Wildman–Crippen MR) is 92.1 cm³/mol. The second-order valence-corrected chi connectivity index (χ2v) is 8.32. The van der Waals surface area contributed by atoms with Crippen molar-refractivity contribution in [3.63, 3.8) is 0 Å². The van der Waals surface area contributed by atoms with Crippen molar-refractivity contribution in [2.75, 3.05) is 13.1 Å². The van der Waals surface area contributed by atoms with Gasteiger partial charge in [-0.2, -0.15) is 5.26 Å². The molecule has 1 N–H and O–H groups in total. The van der Waals surface area contributed by atoms with E-state index in [4.69, 9.17) is 0 Å². The van der Waals surface area contributed by atoms with Gasteiger partial charge in [-0.3, -0.25) is 9.69 Å². The Hall–Kier alpha value is -1.38. The molecule has 0 aromatic carbocycles. The van der Waals surface area contributed by atoms with Crippen LogP contribution in [-0.2, 0) is 11.2 Å². The van der Waals surface area contributed by atoms with Gasteiger partial charge in [0.05, 0.1) is 12.6 Å². The molecule has 2 heterocycles. The lowest BCUT2D eigenvalue weighted by atomic mass is 9.90. The summed E-state index contributed by atoms with van der Waals surface area (Å²) in [6.45, 7) is 7.07. The molecule has 4 nitrogen and oxygen atoms in total. The molecule has 2 atom stereocenters. The molecular weight excluding hydrogens is 306 g/mol. The van der Waals surface area contributed by atoms with Crippen molar-refractivity contribution in [3.05, 3.63) is 21.9 Å². The topological polar surface area (TPSA) is 56.1 Å². The molecule has 1 fully saturated rings. The largest absolute Gasteiger partial charge is 0.337 e. The zero-order valence-electron chi connectivity index (χ0n) is 14.1. The number of nitriles is 1. The van der Waals surface area contributed by atoms with Crippen molar-refractivity contribution in [1.29, 1.82) is 5.26 Å². The Bertz CT molecular complexity index is 628. The SMILES string of the molecule is CC(C)[C@](C)(C#N)NC(=O)CN1CCc2sccc2[C@@H]1C1CC1. The normalized spacial score (nSPS) is 23.9.